The summed E-state index contributed by atoms with van der Waals surface area (Å²) in [4.78, 5) is 0. The first-order chi connectivity index (χ1) is 16.4. The third-order valence-corrected chi connectivity index (χ3v) is 8.16. The van der Waals surface area contributed by atoms with E-state index < -0.39 is 0 Å². The van der Waals surface area contributed by atoms with Crippen LogP contribution in [-0.4, -0.2) is 35.4 Å². The summed E-state index contributed by atoms with van der Waals surface area (Å²) in [5, 5.41) is 44.1. The molecule has 0 heterocycles. The fourth-order valence-electron chi connectivity index (χ4n) is 3.20. The van der Waals surface area contributed by atoms with E-state index in [2.05, 4.69) is 55.4 Å². The van der Waals surface area contributed by atoms with E-state index in [-0.39, 0.29) is 35.4 Å². The first-order valence-electron chi connectivity index (χ1n) is 15.0. The van der Waals surface area contributed by atoms with Gasteiger partial charge in [-0.15, -0.1) is 24.4 Å². The quantitative estimate of drug-likeness (QED) is 0.312. The summed E-state index contributed by atoms with van der Waals surface area (Å²) in [5.41, 5.74) is 0. The van der Waals surface area contributed by atoms with E-state index in [0.717, 1.165) is 25.7 Å². The molecule has 0 aliphatic rings. The predicted molar refractivity (Wildman–Crippen MR) is 158 cm³/mol. The van der Waals surface area contributed by atoms with Gasteiger partial charge in [-0.25, -0.2) is 0 Å². The van der Waals surface area contributed by atoms with Gasteiger partial charge in [-0.2, -0.15) is 0 Å². The Morgan fingerprint density at radius 2 is 0.432 bits per heavy atom. The molecular weight excluding hydrogens is 476 g/mol. The van der Waals surface area contributed by atoms with Gasteiger partial charge in [-0.1, -0.05) is 160 Å². The zero-order chi connectivity index (χ0) is 29.8. The fourth-order valence-corrected chi connectivity index (χ4v) is 3.20. The Morgan fingerprint density at radius 3 is 0.459 bits per heavy atom. The zero-order valence-corrected chi connectivity index (χ0v) is 28.9. The maximum Gasteiger partial charge on any atom is 4.00 e. The molecule has 8 unspecified atom stereocenters. The van der Waals surface area contributed by atoms with Gasteiger partial charge in [0.15, 0.2) is 0 Å². The third kappa shape index (κ3) is 26.1. The summed E-state index contributed by atoms with van der Waals surface area (Å²) >= 11 is 0. The largest absolute Gasteiger partial charge is 4.00 e. The van der Waals surface area contributed by atoms with Crippen molar-refractivity contribution in [2.75, 3.05) is 0 Å². The SMILES string of the molecule is CCC([O-])C(C)C(C)C.CCC([O-])C(C)C(C)C.CCC([O-])C(C)C(C)C.CCC([O-])C(C)C(C)C.[Si+4]. The minimum Gasteiger partial charge on any atom is -0.852 e. The maximum absolute atomic E-state index is 11.0. The Bertz CT molecular complexity index is 363. The standard InChI is InChI=1S/4C8H17O.Si/c4*1-5-8(9)7(4)6(2)3;/h4*6-8H,5H2,1-4H3;/q4*-1;+4. The summed E-state index contributed by atoms with van der Waals surface area (Å²) in [7, 11) is 0. The van der Waals surface area contributed by atoms with Crippen molar-refractivity contribution in [2.24, 2.45) is 47.3 Å². The van der Waals surface area contributed by atoms with Gasteiger partial charge in [0.2, 0.25) is 0 Å². The Balaban J connectivity index is -0.000000122. The van der Waals surface area contributed by atoms with E-state index in [1.54, 1.807) is 0 Å². The summed E-state index contributed by atoms with van der Waals surface area (Å²) < 4.78 is 0. The van der Waals surface area contributed by atoms with Crippen LogP contribution in [-0.2, 0) is 0 Å². The van der Waals surface area contributed by atoms with Crippen LogP contribution in [0.3, 0.4) is 0 Å². The maximum atomic E-state index is 11.0. The van der Waals surface area contributed by atoms with Gasteiger partial charge in [0.25, 0.3) is 0 Å². The molecule has 0 saturated heterocycles. The average Bonchev–Trinajstić information content (AvgIpc) is 2.85. The fraction of sp³-hybridized carbons (Fsp3) is 1.00. The Hall–Kier alpha value is 0.0569. The molecule has 0 aromatic heterocycles. The van der Waals surface area contributed by atoms with Gasteiger partial charge in [-0.3, -0.25) is 0 Å². The molecule has 0 bridgehead atoms. The van der Waals surface area contributed by atoms with Crippen LogP contribution < -0.4 is 20.4 Å². The van der Waals surface area contributed by atoms with Crippen molar-refractivity contribution in [3.8, 4) is 0 Å². The number of hydrogen-bond donors (Lipinski definition) is 0. The van der Waals surface area contributed by atoms with Crippen molar-refractivity contribution in [1.82, 2.24) is 0 Å². The van der Waals surface area contributed by atoms with Crippen molar-refractivity contribution in [3.63, 3.8) is 0 Å². The van der Waals surface area contributed by atoms with Crippen molar-refractivity contribution >= 4 is 11.0 Å². The van der Waals surface area contributed by atoms with Crippen LogP contribution in [0.15, 0.2) is 0 Å². The summed E-state index contributed by atoms with van der Waals surface area (Å²) in [6, 6.07) is 0. The minimum atomic E-state index is -0.356. The van der Waals surface area contributed by atoms with Crippen molar-refractivity contribution < 1.29 is 20.4 Å². The molecule has 4 nitrogen and oxygen atoms in total. The van der Waals surface area contributed by atoms with Crippen LogP contribution in [0.25, 0.3) is 0 Å². The van der Waals surface area contributed by atoms with Crippen molar-refractivity contribution in [2.45, 2.75) is 161 Å². The van der Waals surface area contributed by atoms with E-state index in [1.165, 1.54) is 0 Å². The van der Waals surface area contributed by atoms with Crippen LogP contribution in [0.1, 0.15) is 136 Å². The van der Waals surface area contributed by atoms with E-state index in [1.807, 2.05) is 55.4 Å². The van der Waals surface area contributed by atoms with E-state index in [4.69, 9.17) is 0 Å². The molecule has 37 heavy (non-hydrogen) atoms. The average molecular weight is 545 g/mol. The molecular formula is C32H68O4Si. The Morgan fingerprint density at radius 1 is 0.324 bits per heavy atom. The molecule has 5 heteroatoms. The van der Waals surface area contributed by atoms with Crippen molar-refractivity contribution in [1.29, 1.82) is 0 Å². The van der Waals surface area contributed by atoms with Crippen LogP contribution in [0.4, 0.5) is 0 Å². The van der Waals surface area contributed by atoms with Crippen LogP contribution in [0.5, 0.6) is 0 Å². The zero-order valence-electron chi connectivity index (χ0n) is 27.9. The molecule has 0 aliphatic carbocycles. The van der Waals surface area contributed by atoms with Crippen LogP contribution in [0, 0.1) is 47.3 Å². The van der Waals surface area contributed by atoms with E-state index >= 15 is 0 Å². The smallest absolute Gasteiger partial charge is 0.852 e. The Labute approximate surface area is 239 Å². The molecule has 0 aliphatic heterocycles. The van der Waals surface area contributed by atoms with Gasteiger partial charge in [-0.05, 0) is 23.7 Å². The topological polar surface area (TPSA) is 92.2 Å². The predicted octanol–water partition coefficient (Wildman–Crippen LogP) is 5.29. The molecule has 0 fully saturated rings. The van der Waals surface area contributed by atoms with E-state index in [9.17, 15) is 20.4 Å². The first-order valence-corrected chi connectivity index (χ1v) is 15.0. The summed E-state index contributed by atoms with van der Waals surface area (Å²) in [5.74, 6) is 3.45. The molecule has 224 valence electrons. The minimum absolute atomic E-state index is 0. The van der Waals surface area contributed by atoms with E-state index in [0.29, 0.717) is 47.3 Å². The Kier molecular flexibility index (Phi) is 35.0. The second-order valence-corrected chi connectivity index (χ2v) is 12.2. The molecule has 0 radical (unpaired) electrons. The second kappa shape index (κ2) is 27.6. The van der Waals surface area contributed by atoms with Crippen molar-refractivity contribution in [3.05, 3.63) is 0 Å². The number of rotatable bonds is 12. The van der Waals surface area contributed by atoms with Gasteiger partial charge >= 0.3 is 11.0 Å². The normalized spacial score (nSPS) is 17.5. The first kappa shape index (κ1) is 46.9. The monoisotopic (exact) mass is 544 g/mol. The molecule has 0 amide bonds. The molecule has 0 aromatic rings. The molecule has 0 aromatic carbocycles. The van der Waals surface area contributed by atoms with Crippen LogP contribution >= 0.6 is 0 Å². The summed E-state index contributed by atoms with van der Waals surface area (Å²) in [6.45, 7) is 32.8. The van der Waals surface area contributed by atoms with Gasteiger partial charge < -0.3 is 20.4 Å². The molecule has 0 spiro atoms. The molecule has 0 rings (SSSR count). The van der Waals surface area contributed by atoms with Gasteiger partial charge in [0.05, 0.1) is 0 Å². The van der Waals surface area contributed by atoms with Gasteiger partial charge in [0, 0.05) is 0 Å². The molecule has 8 atom stereocenters. The summed E-state index contributed by atoms with van der Waals surface area (Å²) in [6.07, 6.45) is 1.63. The molecule has 0 N–H and O–H groups in total. The number of hydrogen-bond acceptors (Lipinski definition) is 4. The molecule has 0 saturated carbocycles. The van der Waals surface area contributed by atoms with Crippen LogP contribution in [0.2, 0.25) is 0 Å². The second-order valence-electron chi connectivity index (χ2n) is 12.2. The third-order valence-electron chi connectivity index (χ3n) is 8.16. The van der Waals surface area contributed by atoms with Gasteiger partial charge in [0.1, 0.15) is 0 Å².